The van der Waals surface area contributed by atoms with Crippen LogP contribution in [0.2, 0.25) is 0 Å². The SMILES string of the molecule is Nc1cncnc1NCc1ccncc1. The third-order valence-corrected chi connectivity index (χ3v) is 1.95. The van der Waals surface area contributed by atoms with Gasteiger partial charge >= 0.3 is 0 Å². The minimum absolute atomic E-state index is 0.548. The van der Waals surface area contributed by atoms with Gasteiger partial charge in [-0.1, -0.05) is 0 Å². The molecule has 0 radical (unpaired) electrons. The summed E-state index contributed by atoms with van der Waals surface area (Å²) < 4.78 is 0. The fourth-order valence-corrected chi connectivity index (χ4v) is 1.17. The van der Waals surface area contributed by atoms with Gasteiger partial charge in [-0.2, -0.15) is 0 Å². The highest BCUT2D eigenvalue weighted by molar-refractivity contribution is 5.58. The van der Waals surface area contributed by atoms with E-state index in [0.29, 0.717) is 18.1 Å². The van der Waals surface area contributed by atoms with Crippen molar-refractivity contribution >= 4 is 11.5 Å². The fourth-order valence-electron chi connectivity index (χ4n) is 1.17. The molecule has 5 nitrogen and oxygen atoms in total. The molecule has 0 aliphatic heterocycles. The monoisotopic (exact) mass is 201 g/mol. The van der Waals surface area contributed by atoms with Gasteiger partial charge in [0.2, 0.25) is 0 Å². The maximum absolute atomic E-state index is 5.68. The summed E-state index contributed by atoms with van der Waals surface area (Å²) in [5, 5.41) is 3.13. The van der Waals surface area contributed by atoms with Crippen molar-refractivity contribution in [3.8, 4) is 0 Å². The molecule has 0 aromatic carbocycles. The van der Waals surface area contributed by atoms with Crippen LogP contribution < -0.4 is 11.1 Å². The molecule has 76 valence electrons. The first kappa shape index (κ1) is 9.39. The molecule has 2 aromatic heterocycles. The average Bonchev–Trinajstić information content (AvgIpc) is 2.29. The summed E-state index contributed by atoms with van der Waals surface area (Å²) in [7, 11) is 0. The summed E-state index contributed by atoms with van der Waals surface area (Å²) in [5.41, 5.74) is 7.36. The lowest BCUT2D eigenvalue weighted by Crippen LogP contribution is -2.04. The van der Waals surface area contributed by atoms with Crippen molar-refractivity contribution in [1.82, 2.24) is 15.0 Å². The van der Waals surface area contributed by atoms with Crippen molar-refractivity contribution in [1.29, 1.82) is 0 Å². The molecular weight excluding hydrogens is 190 g/mol. The van der Waals surface area contributed by atoms with E-state index in [1.807, 2.05) is 12.1 Å². The molecule has 3 N–H and O–H groups in total. The fraction of sp³-hybridized carbons (Fsp3) is 0.100. The minimum atomic E-state index is 0.548. The van der Waals surface area contributed by atoms with Gasteiger partial charge < -0.3 is 11.1 Å². The van der Waals surface area contributed by atoms with Crippen LogP contribution >= 0.6 is 0 Å². The number of hydrogen-bond donors (Lipinski definition) is 2. The Morgan fingerprint density at radius 1 is 1.20 bits per heavy atom. The van der Waals surface area contributed by atoms with Crippen molar-refractivity contribution in [2.45, 2.75) is 6.54 Å². The Hall–Kier alpha value is -2.17. The minimum Gasteiger partial charge on any atom is -0.394 e. The third kappa shape index (κ3) is 2.40. The van der Waals surface area contributed by atoms with Crippen LogP contribution in [0.1, 0.15) is 5.56 Å². The zero-order valence-electron chi connectivity index (χ0n) is 8.09. The highest BCUT2D eigenvalue weighted by Crippen LogP contribution is 2.12. The Balaban J connectivity index is 2.03. The summed E-state index contributed by atoms with van der Waals surface area (Å²) in [6.07, 6.45) is 6.54. The number of nitrogens with two attached hydrogens (primary N) is 1. The Labute approximate surface area is 87.4 Å². The second-order valence-corrected chi connectivity index (χ2v) is 3.04. The van der Waals surface area contributed by atoms with Crippen LogP contribution in [-0.4, -0.2) is 15.0 Å². The number of anilines is 2. The zero-order chi connectivity index (χ0) is 10.5. The Kier molecular flexibility index (Phi) is 2.73. The van der Waals surface area contributed by atoms with E-state index in [2.05, 4.69) is 20.3 Å². The number of nitrogens with one attached hydrogen (secondary N) is 1. The first-order valence-corrected chi connectivity index (χ1v) is 4.54. The van der Waals surface area contributed by atoms with Crippen LogP contribution in [0, 0.1) is 0 Å². The highest BCUT2D eigenvalue weighted by Gasteiger charge is 1.98. The molecule has 0 unspecified atom stereocenters. The summed E-state index contributed by atoms with van der Waals surface area (Å²) in [4.78, 5) is 11.8. The molecule has 2 rings (SSSR count). The molecule has 0 saturated carbocycles. The van der Waals surface area contributed by atoms with E-state index in [1.54, 1.807) is 18.6 Å². The second-order valence-electron chi connectivity index (χ2n) is 3.04. The number of nitrogens with zero attached hydrogens (tertiary/aromatic N) is 3. The molecular formula is C10H11N5. The number of aromatic nitrogens is 3. The van der Waals surface area contributed by atoms with Gasteiger partial charge in [0.05, 0.1) is 11.9 Å². The van der Waals surface area contributed by atoms with Gasteiger partial charge in [-0.3, -0.25) is 4.98 Å². The van der Waals surface area contributed by atoms with E-state index < -0.39 is 0 Å². The summed E-state index contributed by atoms with van der Waals surface area (Å²) in [6, 6.07) is 3.87. The van der Waals surface area contributed by atoms with Crippen molar-refractivity contribution in [3.63, 3.8) is 0 Å². The first-order valence-electron chi connectivity index (χ1n) is 4.54. The molecule has 0 bridgehead atoms. The lowest BCUT2D eigenvalue weighted by Gasteiger charge is -2.06. The van der Waals surface area contributed by atoms with Gasteiger partial charge in [0.15, 0.2) is 5.82 Å². The second kappa shape index (κ2) is 4.36. The normalized spacial score (nSPS) is 9.87. The molecule has 0 amide bonds. The number of nitrogen functional groups attached to an aromatic ring is 1. The zero-order valence-corrected chi connectivity index (χ0v) is 8.09. The molecule has 0 atom stereocenters. The maximum atomic E-state index is 5.68. The number of hydrogen-bond acceptors (Lipinski definition) is 5. The predicted molar refractivity (Wildman–Crippen MR) is 58.0 cm³/mol. The van der Waals surface area contributed by atoms with E-state index in [1.165, 1.54) is 6.33 Å². The molecule has 0 aliphatic rings. The molecule has 0 spiro atoms. The van der Waals surface area contributed by atoms with Crippen LogP contribution in [0.15, 0.2) is 37.1 Å². The summed E-state index contributed by atoms with van der Waals surface area (Å²) in [5.74, 6) is 0.654. The van der Waals surface area contributed by atoms with Crippen molar-refractivity contribution in [2.24, 2.45) is 0 Å². The van der Waals surface area contributed by atoms with Gasteiger partial charge in [0.25, 0.3) is 0 Å². The van der Waals surface area contributed by atoms with Gasteiger partial charge in [-0.05, 0) is 17.7 Å². The lowest BCUT2D eigenvalue weighted by molar-refractivity contribution is 1.08. The van der Waals surface area contributed by atoms with Gasteiger partial charge in [0.1, 0.15) is 6.33 Å². The molecule has 5 heteroatoms. The molecule has 2 heterocycles. The molecule has 2 aromatic rings. The molecule has 15 heavy (non-hydrogen) atoms. The number of rotatable bonds is 3. The molecule has 0 fully saturated rings. The summed E-state index contributed by atoms with van der Waals surface area (Å²) in [6.45, 7) is 0.670. The lowest BCUT2D eigenvalue weighted by atomic mass is 10.3. The van der Waals surface area contributed by atoms with Crippen LogP contribution in [0.3, 0.4) is 0 Å². The van der Waals surface area contributed by atoms with Crippen molar-refractivity contribution < 1.29 is 0 Å². The smallest absolute Gasteiger partial charge is 0.152 e. The summed E-state index contributed by atoms with van der Waals surface area (Å²) >= 11 is 0. The van der Waals surface area contributed by atoms with Gasteiger partial charge in [0, 0.05) is 18.9 Å². The van der Waals surface area contributed by atoms with Gasteiger partial charge in [-0.25, -0.2) is 9.97 Å². The first-order chi connectivity index (χ1) is 7.36. The van der Waals surface area contributed by atoms with Crippen LogP contribution in [0.25, 0.3) is 0 Å². The Bertz CT molecular complexity index is 429. The van der Waals surface area contributed by atoms with E-state index in [9.17, 15) is 0 Å². The Morgan fingerprint density at radius 2 is 2.00 bits per heavy atom. The van der Waals surface area contributed by atoms with Crippen LogP contribution in [0.5, 0.6) is 0 Å². The quantitative estimate of drug-likeness (QED) is 0.776. The van der Waals surface area contributed by atoms with E-state index in [-0.39, 0.29) is 0 Å². The van der Waals surface area contributed by atoms with E-state index >= 15 is 0 Å². The maximum Gasteiger partial charge on any atom is 0.152 e. The highest BCUT2D eigenvalue weighted by atomic mass is 15.0. The van der Waals surface area contributed by atoms with E-state index in [4.69, 9.17) is 5.73 Å². The predicted octanol–water partition coefficient (Wildman–Crippen LogP) is 1.07. The topological polar surface area (TPSA) is 76.7 Å². The van der Waals surface area contributed by atoms with Gasteiger partial charge in [-0.15, -0.1) is 0 Å². The third-order valence-electron chi connectivity index (χ3n) is 1.95. The standard InChI is InChI=1S/C10H11N5/c11-9-6-13-7-15-10(9)14-5-8-1-3-12-4-2-8/h1-4,6-7H,5,11H2,(H,13,14,15). The van der Waals surface area contributed by atoms with Crippen molar-refractivity contribution in [3.05, 3.63) is 42.6 Å². The Morgan fingerprint density at radius 3 is 2.73 bits per heavy atom. The number of pyridine rings is 1. The average molecular weight is 201 g/mol. The van der Waals surface area contributed by atoms with Crippen LogP contribution in [0.4, 0.5) is 11.5 Å². The van der Waals surface area contributed by atoms with Crippen LogP contribution in [-0.2, 0) is 6.54 Å². The van der Waals surface area contributed by atoms with Crippen molar-refractivity contribution in [2.75, 3.05) is 11.1 Å². The molecule has 0 saturated heterocycles. The molecule has 0 aliphatic carbocycles. The van der Waals surface area contributed by atoms with E-state index in [0.717, 1.165) is 5.56 Å². The largest absolute Gasteiger partial charge is 0.394 e.